The number of anilines is 1. The summed E-state index contributed by atoms with van der Waals surface area (Å²) in [7, 11) is 0. The van der Waals surface area contributed by atoms with Crippen molar-refractivity contribution in [3.63, 3.8) is 0 Å². The van der Waals surface area contributed by atoms with E-state index in [1.165, 1.54) is 0 Å². The van der Waals surface area contributed by atoms with E-state index in [0.717, 1.165) is 12.2 Å². The van der Waals surface area contributed by atoms with Crippen molar-refractivity contribution in [2.24, 2.45) is 0 Å². The zero-order valence-corrected chi connectivity index (χ0v) is 15.3. The van der Waals surface area contributed by atoms with Crippen LogP contribution in [0.3, 0.4) is 0 Å². The van der Waals surface area contributed by atoms with E-state index < -0.39 is 0 Å². The molecule has 0 radical (unpaired) electrons. The smallest absolute Gasteiger partial charge is 0.224 e. The second-order valence-corrected chi connectivity index (χ2v) is 6.20. The van der Waals surface area contributed by atoms with Crippen LogP contribution in [-0.4, -0.2) is 31.5 Å². The number of fused-ring (bicyclic) bond motifs is 1. The van der Waals surface area contributed by atoms with E-state index in [2.05, 4.69) is 5.32 Å². The number of nitrogens with one attached hydrogen (secondary N) is 1. The molecule has 1 N–H and O–H groups in total. The van der Waals surface area contributed by atoms with E-state index in [4.69, 9.17) is 14.2 Å². The number of rotatable bonds is 8. The van der Waals surface area contributed by atoms with Gasteiger partial charge in [-0.3, -0.25) is 9.59 Å². The van der Waals surface area contributed by atoms with Gasteiger partial charge in [0, 0.05) is 30.2 Å². The van der Waals surface area contributed by atoms with Gasteiger partial charge < -0.3 is 19.5 Å². The Morgan fingerprint density at radius 1 is 1.00 bits per heavy atom. The quantitative estimate of drug-likeness (QED) is 0.716. The average molecular weight is 369 g/mol. The van der Waals surface area contributed by atoms with Crippen molar-refractivity contribution in [2.45, 2.75) is 26.2 Å². The van der Waals surface area contributed by atoms with E-state index in [1.807, 2.05) is 6.92 Å². The van der Waals surface area contributed by atoms with Crippen molar-refractivity contribution >= 4 is 17.4 Å². The minimum atomic E-state index is -0.220. The molecular formula is C21H23NO5. The van der Waals surface area contributed by atoms with Crippen LogP contribution in [0.5, 0.6) is 17.2 Å². The Balaban J connectivity index is 1.49. The molecule has 2 aromatic rings. The van der Waals surface area contributed by atoms with Crippen molar-refractivity contribution in [2.75, 3.05) is 25.1 Å². The molecule has 0 aliphatic carbocycles. The van der Waals surface area contributed by atoms with Crippen LogP contribution in [0.15, 0.2) is 42.5 Å². The van der Waals surface area contributed by atoms with Crippen LogP contribution in [0.2, 0.25) is 0 Å². The number of ether oxygens (including phenoxy) is 3. The summed E-state index contributed by atoms with van der Waals surface area (Å²) in [5.74, 6) is 1.73. The van der Waals surface area contributed by atoms with E-state index in [0.29, 0.717) is 42.6 Å². The summed E-state index contributed by atoms with van der Waals surface area (Å²) in [6.45, 7) is 3.69. The van der Waals surface area contributed by atoms with E-state index in [-0.39, 0.29) is 24.5 Å². The lowest BCUT2D eigenvalue weighted by atomic mass is 10.1. The Kier molecular flexibility index (Phi) is 6.30. The highest BCUT2D eigenvalue weighted by Crippen LogP contribution is 2.32. The predicted octanol–water partition coefficient (Wildman–Crippen LogP) is 3.85. The predicted molar refractivity (Wildman–Crippen MR) is 102 cm³/mol. The van der Waals surface area contributed by atoms with Crippen LogP contribution in [-0.2, 0) is 4.79 Å². The van der Waals surface area contributed by atoms with Crippen LogP contribution in [0.1, 0.15) is 36.5 Å². The van der Waals surface area contributed by atoms with Gasteiger partial charge in [-0.2, -0.15) is 0 Å². The topological polar surface area (TPSA) is 73.9 Å². The Hall–Kier alpha value is -3.02. The van der Waals surface area contributed by atoms with Gasteiger partial charge in [-0.05, 0) is 42.8 Å². The summed E-state index contributed by atoms with van der Waals surface area (Å²) in [6.07, 6.45) is 1.19. The molecule has 0 spiro atoms. The molecule has 0 saturated heterocycles. The van der Waals surface area contributed by atoms with Crippen molar-refractivity contribution in [3.05, 3.63) is 48.0 Å². The summed E-state index contributed by atoms with van der Waals surface area (Å²) in [6, 6.07) is 12.2. The van der Waals surface area contributed by atoms with Gasteiger partial charge in [0.15, 0.2) is 17.3 Å². The van der Waals surface area contributed by atoms with Crippen LogP contribution in [0.25, 0.3) is 0 Å². The number of Topliss-reactive ketones (excluding diaryl/α,β-unsaturated/α-hetero) is 1. The number of carbonyl (C=O) groups excluding carboxylic acids is 2. The average Bonchev–Trinajstić information content (AvgIpc) is 2.70. The third-order valence-electron chi connectivity index (χ3n) is 4.05. The van der Waals surface area contributed by atoms with Gasteiger partial charge in [0.2, 0.25) is 5.91 Å². The third-order valence-corrected chi connectivity index (χ3v) is 4.05. The van der Waals surface area contributed by atoms with Crippen LogP contribution in [0, 0.1) is 0 Å². The molecule has 27 heavy (non-hydrogen) atoms. The lowest BCUT2D eigenvalue weighted by Gasteiger charge is -2.19. The van der Waals surface area contributed by atoms with Gasteiger partial charge in [-0.15, -0.1) is 0 Å². The molecule has 1 heterocycles. The fourth-order valence-corrected chi connectivity index (χ4v) is 2.67. The largest absolute Gasteiger partial charge is 0.494 e. The van der Waals surface area contributed by atoms with Crippen molar-refractivity contribution in [1.82, 2.24) is 0 Å². The van der Waals surface area contributed by atoms with Crippen LogP contribution < -0.4 is 19.5 Å². The summed E-state index contributed by atoms with van der Waals surface area (Å²) >= 11 is 0. The van der Waals surface area contributed by atoms with Crippen molar-refractivity contribution < 1.29 is 23.8 Å². The van der Waals surface area contributed by atoms with Crippen LogP contribution >= 0.6 is 0 Å². The van der Waals surface area contributed by atoms with E-state index in [9.17, 15) is 9.59 Å². The van der Waals surface area contributed by atoms with Crippen molar-refractivity contribution in [3.8, 4) is 17.2 Å². The first-order valence-corrected chi connectivity index (χ1v) is 9.11. The molecule has 2 aromatic carbocycles. The molecule has 142 valence electrons. The minimum absolute atomic E-state index is 0.0747. The maximum Gasteiger partial charge on any atom is 0.224 e. The molecule has 0 atom stereocenters. The first kappa shape index (κ1) is 18.8. The molecule has 0 unspecified atom stereocenters. The van der Waals surface area contributed by atoms with Crippen LogP contribution in [0.4, 0.5) is 5.69 Å². The lowest BCUT2D eigenvalue weighted by molar-refractivity contribution is -0.116. The highest BCUT2D eigenvalue weighted by atomic mass is 16.6. The molecule has 0 bridgehead atoms. The molecule has 1 amide bonds. The molecule has 1 aliphatic rings. The maximum absolute atomic E-state index is 12.3. The number of hydrogen-bond donors (Lipinski definition) is 1. The number of benzene rings is 2. The number of hydrogen-bond acceptors (Lipinski definition) is 5. The second-order valence-electron chi connectivity index (χ2n) is 6.20. The number of ketones is 1. The highest BCUT2D eigenvalue weighted by Gasteiger charge is 2.14. The zero-order chi connectivity index (χ0) is 19.1. The summed E-state index contributed by atoms with van der Waals surface area (Å²) in [5.41, 5.74) is 1.19. The third kappa shape index (κ3) is 5.23. The SMILES string of the molecule is CCCOc1ccc(C(=O)CCC(=O)Nc2ccc3c(c2)OCCO3)cc1. The molecule has 0 fully saturated rings. The van der Waals surface area contributed by atoms with Gasteiger partial charge in [-0.1, -0.05) is 6.92 Å². The normalized spacial score (nSPS) is 12.3. The molecule has 6 heteroatoms. The monoisotopic (exact) mass is 369 g/mol. The Morgan fingerprint density at radius 2 is 1.74 bits per heavy atom. The molecular weight excluding hydrogens is 346 g/mol. The van der Waals surface area contributed by atoms with E-state index in [1.54, 1.807) is 42.5 Å². The fourth-order valence-electron chi connectivity index (χ4n) is 2.67. The summed E-state index contributed by atoms with van der Waals surface area (Å²) in [4.78, 5) is 24.4. The minimum Gasteiger partial charge on any atom is -0.494 e. The first-order chi connectivity index (χ1) is 13.2. The van der Waals surface area contributed by atoms with Crippen molar-refractivity contribution in [1.29, 1.82) is 0 Å². The Labute approximate surface area is 158 Å². The molecule has 0 saturated carbocycles. The molecule has 6 nitrogen and oxygen atoms in total. The standard InChI is InChI=1S/C21H23NO5/c1-2-11-25-17-6-3-15(4-7-17)18(23)8-10-21(24)22-16-5-9-19-20(14-16)27-13-12-26-19/h3-7,9,14H,2,8,10-13H2,1H3,(H,22,24). The molecule has 3 rings (SSSR count). The highest BCUT2D eigenvalue weighted by molar-refractivity contribution is 6.00. The van der Waals surface area contributed by atoms with Gasteiger partial charge >= 0.3 is 0 Å². The molecule has 1 aliphatic heterocycles. The maximum atomic E-state index is 12.3. The Morgan fingerprint density at radius 3 is 2.48 bits per heavy atom. The van der Waals surface area contributed by atoms with E-state index >= 15 is 0 Å². The van der Waals surface area contributed by atoms with Gasteiger partial charge in [0.05, 0.1) is 6.61 Å². The van der Waals surface area contributed by atoms with Gasteiger partial charge in [-0.25, -0.2) is 0 Å². The number of carbonyl (C=O) groups is 2. The first-order valence-electron chi connectivity index (χ1n) is 9.11. The second kappa shape index (κ2) is 9.07. The fraction of sp³-hybridized carbons (Fsp3) is 0.333. The Bertz CT molecular complexity index is 801. The summed E-state index contributed by atoms with van der Waals surface area (Å²) < 4.78 is 16.4. The zero-order valence-electron chi connectivity index (χ0n) is 15.3. The number of amides is 1. The summed E-state index contributed by atoms with van der Waals surface area (Å²) in [5, 5.41) is 2.78. The molecule has 0 aromatic heterocycles. The van der Waals surface area contributed by atoms with Gasteiger partial charge in [0.1, 0.15) is 19.0 Å². The van der Waals surface area contributed by atoms with Gasteiger partial charge in [0.25, 0.3) is 0 Å². The lowest BCUT2D eigenvalue weighted by Crippen LogP contribution is -2.16.